The number of aromatic nitrogens is 2. The highest BCUT2D eigenvalue weighted by Crippen LogP contribution is 2.21. The highest BCUT2D eigenvalue weighted by molar-refractivity contribution is 6.05. The molecule has 0 spiro atoms. The molecule has 0 aliphatic rings. The van der Waals surface area contributed by atoms with E-state index in [1.54, 1.807) is 36.4 Å². The lowest BCUT2D eigenvalue weighted by Gasteiger charge is -2.17. The maximum atomic E-state index is 13.2. The molecule has 2 aromatic heterocycles. The Hall–Kier alpha value is -4.13. The molecular formula is C25H24N4O3. The number of rotatable bonds is 7. The number of nitrogens with zero attached hydrogens (tertiary/aromatic N) is 2. The molecule has 7 nitrogen and oxygen atoms in total. The number of aryl methyl sites for hydroxylation is 1. The minimum atomic E-state index is -0.437. The van der Waals surface area contributed by atoms with E-state index in [2.05, 4.69) is 15.2 Å². The Morgan fingerprint density at radius 3 is 2.53 bits per heavy atom. The zero-order valence-electron chi connectivity index (χ0n) is 17.9. The molecule has 1 unspecified atom stereocenters. The van der Waals surface area contributed by atoms with E-state index < -0.39 is 5.91 Å². The summed E-state index contributed by atoms with van der Waals surface area (Å²) in [7, 11) is 0. The summed E-state index contributed by atoms with van der Waals surface area (Å²) in [6, 6.07) is 19.6. The van der Waals surface area contributed by atoms with Crippen molar-refractivity contribution in [3.8, 4) is 0 Å². The van der Waals surface area contributed by atoms with Crippen LogP contribution in [0.3, 0.4) is 0 Å². The van der Waals surface area contributed by atoms with Crippen LogP contribution in [0.25, 0.3) is 17.1 Å². The maximum Gasteiger partial charge on any atom is 0.268 e. The van der Waals surface area contributed by atoms with Crippen LogP contribution in [0.5, 0.6) is 0 Å². The van der Waals surface area contributed by atoms with Crippen LogP contribution in [0.15, 0.2) is 83.1 Å². The predicted octanol–water partition coefficient (Wildman–Crippen LogP) is 4.30. The highest BCUT2D eigenvalue weighted by atomic mass is 16.3. The summed E-state index contributed by atoms with van der Waals surface area (Å²) in [5.74, 6) is 0.380. The van der Waals surface area contributed by atoms with Gasteiger partial charge < -0.3 is 19.6 Å². The van der Waals surface area contributed by atoms with Gasteiger partial charge in [-0.1, -0.05) is 30.3 Å². The van der Waals surface area contributed by atoms with E-state index in [4.69, 9.17) is 9.40 Å². The number of benzene rings is 2. The second-order valence-corrected chi connectivity index (χ2v) is 7.29. The molecule has 2 amide bonds. The first-order chi connectivity index (χ1) is 15.6. The molecule has 4 aromatic rings. The lowest BCUT2D eigenvalue weighted by Crippen LogP contribution is -2.36. The molecule has 0 bridgehead atoms. The quantitative estimate of drug-likeness (QED) is 0.430. The third kappa shape index (κ3) is 4.46. The molecule has 32 heavy (non-hydrogen) atoms. The van der Waals surface area contributed by atoms with Crippen molar-refractivity contribution >= 4 is 28.9 Å². The van der Waals surface area contributed by atoms with E-state index in [1.165, 1.54) is 12.3 Å². The molecule has 0 radical (unpaired) electrons. The van der Waals surface area contributed by atoms with E-state index in [0.717, 1.165) is 23.4 Å². The largest absolute Gasteiger partial charge is 0.465 e. The molecule has 0 fully saturated rings. The van der Waals surface area contributed by atoms with Gasteiger partial charge in [0, 0.05) is 18.2 Å². The number of nitrogens with one attached hydrogen (secondary N) is 2. The molecule has 0 aliphatic heterocycles. The Kier molecular flexibility index (Phi) is 6.17. The van der Waals surface area contributed by atoms with Crippen molar-refractivity contribution in [2.75, 3.05) is 0 Å². The van der Waals surface area contributed by atoms with Gasteiger partial charge in [-0.3, -0.25) is 9.59 Å². The van der Waals surface area contributed by atoms with Crippen LogP contribution in [0, 0.1) is 0 Å². The van der Waals surface area contributed by atoms with Crippen molar-refractivity contribution in [3.05, 3.63) is 95.8 Å². The van der Waals surface area contributed by atoms with E-state index in [0.29, 0.717) is 11.3 Å². The summed E-state index contributed by atoms with van der Waals surface area (Å²) < 4.78 is 7.41. The number of para-hydroxylation sites is 2. The fourth-order valence-electron chi connectivity index (χ4n) is 3.55. The maximum absolute atomic E-state index is 13.2. The summed E-state index contributed by atoms with van der Waals surface area (Å²) in [6.07, 6.45) is 3.01. The minimum absolute atomic E-state index is 0.0832. The van der Waals surface area contributed by atoms with Gasteiger partial charge in [-0.15, -0.1) is 0 Å². The van der Waals surface area contributed by atoms with Gasteiger partial charge in [0.1, 0.15) is 17.3 Å². The number of hydrogen-bond acceptors (Lipinski definition) is 4. The molecule has 2 N–H and O–H groups in total. The molecule has 4 rings (SSSR count). The molecule has 0 saturated heterocycles. The van der Waals surface area contributed by atoms with E-state index >= 15 is 0 Å². The zero-order chi connectivity index (χ0) is 22.5. The van der Waals surface area contributed by atoms with Crippen LogP contribution < -0.4 is 10.6 Å². The van der Waals surface area contributed by atoms with E-state index in [1.807, 2.05) is 44.2 Å². The van der Waals surface area contributed by atoms with Crippen molar-refractivity contribution < 1.29 is 14.0 Å². The number of imidazole rings is 1. The average Bonchev–Trinajstić information content (AvgIpc) is 3.46. The number of fused-ring (bicyclic) bond motifs is 1. The number of amides is 2. The van der Waals surface area contributed by atoms with Crippen LogP contribution in [0.1, 0.15) is 41.8 Å². The Morgan fingerprint density at radius 2 is 1.81 bits per heavy atom. The molecule has 2 aromatic carbocycles. The van der Waals surface area contributed by atoms with Gasteiger partial charge in [0.25, 0.3) is 11.8 Å². The highest BCUT2D eigenvalue weighted by Gasteiger charge is 2.21. The van der Waals surface area contributed by atoms with Crippen molar-refractivity contribution in [1.82, 2.24) is 20.2 Å². The molecule has 162 valence electrons. The van der Waals surface area contributed by atoms with Crippen molar-refractivity contribution in [1.29, 1.82) is 0 Å². The number of hydrogen-bond donors (Lipinski definition) is 2. The van der Waals surface area contributed by atoms with Crippen LogP contribution in [-0.2, 0) is 11.3 Å². The number of furan rings is 1. The standard InChI is InChI=1S/C25H24N4O3/c1-3-29-22-14-8-7-13-20(22)27-23(29)17(2)26-25(31)21(16-19-12-9-15-32-19)28-24(30)18-10-5-4-6-11-18/h4-17H,3H2,1-2H3,(H,26,31)(H,28,30). The first-order valence-electron chi connectivity index (χ1n) is 10.4. The fraction of sp³-hybridized carbons (Fsp3) is 0.160. The minimum Gasteiger partial charge on any atom is -0.465 e. The van der Waals surface area contributed by atoms with Gasteiger partial charge in [0.2, 0.25) is 0 Å². The summed E-state index contributed by atoms with van der Waals surface area (Å²) in [6.45, 7) is 4.62. The first-order valence-corrected chi connectivity index (χ1v) is 10.4. The van der Waals surface area contributed by atoms with Crippen LogP contribution in [0.2, 0.25) is 0 Å². The van der Waals surface area contributed by atoms with Crippen LogP contribution >= 0.6 is 0 Å². The smallest absolute Gasteiger partial charge is 0.268 e. The third-order valence-corrected chi connectivity index (χ3v) is 5.09. The predicted molar refractivity (Wildman–Crippen MR) is 123 cm³/mol. The molecule has 0 saturated carbocycles. The second kappa shape index (κ2) is 9.34. The average molecular weight is 428 g/mol. The monoisotopic (exact) mass is 428 g/mol. The Labute approximate surface area is 185 Å². The molecular weight excluding hydrogens is 404 g/mol. The van der Waals surface area contributed by atoms with E-state index in [-0.39, 0.29) is 17.6 Å². The summed E-state index contributed by atoms with van der Waals surface area (Å²) in [5, 5.41) is 5.66. The normalized spacial score (nSPS) is 12.5. The Balaban J connectivity index is 1.59. The Morgan fingerprint density at radius 1 is 1.06 bits per heavy atom. The van der Waals surface area contributed by atoms with Crippen molar-refractivity contribution in [2.45, 2.75) is 26.4 Å². The Bertz CT molecular complexity index is 1260. The molecule has 2 heterocycles. The van der Waals surface area contributed by atoms with Gasteiger partial charge in [0.15, 0.2) is 0 Å². The second-order valence-electron chi connectivity index (χ2n) is 7.29. The lowest BCUT2D eigenvalue weighted by atomic mass is 10.2. The fourth-order valence-corrected chi connectivity index (χ4v) is 3.55. The zero-order valence-corrected chi connectivity index (χ0v) is 17.9. The van der Waals surface area contributed by atoms with E-state index in [9.17, 15) is 9.59 Å². The number of carbonyl (C=O) groups excluding carboxylic acids is 2. The summed E-state index contributed by atoms with van der Waals surface area (Å²) in [4.78, 5) is 30.5. The van der Waals surface area contributed by atoms with Gasteiger partial charge in [-0.05, 0) is 50.2 Å². The lowest BCUT2D eigenvalue weighted by molar-refractivity contribution is -0.118. The third-order valence-electron chi connectivity index (χ3n) is 5.09. The van der Waals surface area contributed by atoms with Crippen molar-refractivity contribution in [2.24, 2.45) is 0 Å². The molecule has 0 aliphatic carbocycles. The van der Waals surface area contributed by atoms with Gasteiger partial charge >= 0.3 is 0 Å². The van der Waals surface area contributed by atoms with Gasteiger partial charge in [-0.2, -0.15) is 0 Å². The molecule has 1 atom stereocenters. The molecule has 7 heteroatoms. The topological polar surface area (TPSA) is 89.2 Å². The first kappa shape index (κ1) is 21.1. The SMILES string of the molecule is CCn1c(C(C)NC(=O)C(=Cc2ccco2)NC(=O)c2ccccc2)nc2ccccc21. The van der Waals surface area contributed by atoms with Crippen LogP contribution in [0.4, 0.5) is 0 Å². The van der Waals surface area contributed by atoms with Crippen LogP contribution in [-0.4, -0.2) is 21.4 Å². The summed E-state index contributed by atoms with van der Waals surface area (Å²) in [5.41, 5.74) is 2.41. The number of carbonyl (C=O) groups is 2. The van der Waals surface area contributed by atoms with Crippen molar-refractivity contribution in [3.63, 3.8) is 0 Å². The van der Waals surface area contributed by atoms with Gasteiger partial charge in [0.05, 0.1) is 23.3 Å². The summed E-state index contributed by atoms with van der Waals surface area (Å²) >= 11 is 0. The van der Waals surface area contributed by atoms with Gasteiger partial charge in [-0.25, -0.2) is 4.98 Å².